The van der Waals surface area contributed by atoms with Crippen LogP contribution < -0.4 is 5.32 Å². The first kappa shape index (κ1) is 27.9. The van der Waals surface area contributed by atoms with E-state index in [4.69, 9.17) is 0 Å². The van der Waals surface area contributed by atoms with Crippen molar-refractivity contribution in [2.45, 2.75) is 38.4 Å². The van der Waals surface area contributed by atoms with Crippen LogP contribution in [0.4, 0.5) is 19.3 Å². The van der Waals surface area contributed by atoms with Crippen molar-refractivity contribution < 1.29 is 28.0 Å². The molecule has 0 bridgehead atoms. The third-order valence-corrected chi connectivity index (χ3v) is 7.56. The standard InChI is InChI=1S/C31H30F2N4O4/c1-20(38)23-7-11-26(12-8-23)34-31(41)36-16-14-29(39)37-27(18-22-5-9-24(32)10-6-22)30(40)35(19-28(36)37)15-13-21-3-2-4-25(33)17-21/h2-12,17,27-28H,13-16,18-19H2,1H3,(H,34,41)/t27-,28+/m0/s1. The number of nitrogens with zero attached hydrogens (tertiary/aromatic N) is 3. The van der Waals surface area contributed by atoms with Crippen LogP contribution in [0.3, 0.4) is 0 Å². The summed E-state index contributed by atoms with van der Waals surface area (Å²) in [5, 5.41) is 2.84. The van der Waals surface area contributed by atoms with Crippen LogP contribution in [0, 0.1) is 11.6 Å². The molecule has 0 unspecified atom stereocenters. The average Bonchev–Trinajstić information content (AvgIpc) is 2.95. The number of carbonyl (C=O) groups excluding carboxylic acids is 4. The molecule has 3 aromatic rings. The minimum absolute atomic E-state index is 0.0453. The zero-order chi connectivity index (χ0) is 29.1. The molecular weight excluding hydrogens is 530 g/mol. The fraction of sp³-hybridized carbons (Fsp3) is 0.290. The number of rotatable bonds is 7. The average molecular weight is 561 g/mol. The van der Waals surface area contributed by atoms with Gasteiger partial charge in [0.15, 0.2) is 5.78 Å². The van der Waals surface area contributed by atoms with Crippen molar-refractivity contribution in [1.29, 1.82) is 0 Å². The number of fused-ring (bicyclic) bond motifs is 1. The Bertz CT molecular complexity index is 1460. The van der Waals surface area contributed by atoms with E-state index in [-0.39, 0.29) is 55.9 Å². The Hall–Kier alpha value is -4.60. The summed E-state index contributed by atoms with van der Waals surface area (Å²) in [7, 11) is 0. The topological polar surface area (TPSA) is 90.0 Å². The smallest absolute Gasteiger partial charge is 0.323 e. The summed E-state index contributed by atoms with van der Waals surface area (Å²) in [5.41, 5.74) is 2.40. The maximum atomic E-state index is 13.8. The lowest BCUT2D eigenvalue weighted by molar-refractivity contribution is -0.166. The largest absolute Gasteiger partial charge is 0.337 e. The van der Waals surface area contributed by atoms with E-state index >= 15 is 0 Å². The first-order valence-corrected chi connectivity index (χ1v) is 13.5. The van der Waals surface area contributed by atoms with Gasteiger partial charge in [-0.05, 0) is 73.0 Å². The van der Waals surface area contributed by atoms with Crippen molar-refractivity contribution >= 4 is 29.3 Å². The Kier molecular flexibility index (Phi) is 8.09. The lowest BCUT2D eigenvalue weighted by atomic mass is 9.97. The fourth-order valence-corrected chi connectivity index (χ4v) is 5.40. The van der Waals surface area contributed by atoms with Gasteiger partial charge >= 0.3 is 6.03 Å². The highest BCUT2D eigenvalue weighted by molar-refractivity contribution is 5.96. The molecule has 2 aliphatic rings. The molecule has 1 N–H and O–H groups in total. The number of halogens is 2. The van der Waals surface area contributed by atoms with Crippen molar-refractivity contribution in [2.75, 3.05) is 25.0 Å². The van der Waals surface area contributed by atoms with E-state index in [1.54, 1.807) is 58.3 Å². The van der Waals surface area contributed by atoms with Gasteiger partial charge in [0.1, 0.15) is 23.8 Å². The predicted molar refractivity (Wildman–Crippen MR) is 148 cm³/mol. The van der Waals surface area contributed by atoms with Crippen LogP contribution in [0.25, 0.3) is 0 Å². The van der Waals surface area contributed by atoms with Crippen molar-refractivity contribution in [3.63, 3.8) is 0 Å². The summed E-state index contributed by atoms with van der Waals surface area (Å²) in [5.74, 6) is -1.39. The van der Waals surface area contributed by atoms with Crippen molar-refractivity contribution in [2.24, 2.45) is 0 Å². The lowest BCUT2D eigenvalue weighted by Crippen LogP contribution is -2.72. The molecule has 0 radical (unpaired) electrons. The van der Waals surface area contributed by atoms with Crippen LogP contribution >= 0.6 is 0 Å². The van der Waals surface area contributed by atoms with E-state index in [1.807, 2.05) is 0 Å². The van der Waals surface area contributed by atoms with Gasteiger partial charge < -0.3 is 20.0 Å². The Balaban J connectivity index is 1.41. The molecule has 10 heteroatoms. The Morgan fingerprint density at radius 3 is 2.34 bits per heavy atom. The number of ketones is 1. The first-order valence-electron chi connectivity index (χ1n) is 13.5. The quantitative estimate of drug-likeness (QED) is 0.438. The molecule has 3 aromatic carbocycles. The predicted octanol–water partition coefficient (Wildman–Crippen LogP) is 4.26. The SMILES string of the molecule is CC(=O)c1ccc(NC(=O)N2CCC(=O)N3[C@@H]2CN(CCc2cccc(F)c2)C(=O)[C@@H]3Cc2ccc(F)cc2)cc1. The number of anilines is 1. The van der Waals surface area contributed by atoms with Gasteiger partial charge in [0.2, 0.25) is 11.8 Å². The Morgan fingerprint density at radius 1 is 0.927 bits per heavy atom. The number of benzene rings is 3. The summed E-state index contributed by atoms with van der Waals surface area (Å²) in [6, 6.07) is 17.1. The number of nitrogens with one attached hydrogen (secondary N) is 1. The molecule has 2 atom stereocenters. The number of urea groups is 1. The zero-order valence-corrected chi connectivity index (χ0v) is 22.6. The highest BCUT2D eigenvalue weighted by Crippen LogP contribution is 2.28. The summed E-state index contributed by atoms with van der Waals surface area (Å²) in [6.45, 7) is 1.98. The molecule has 0 aromatic heterocycles. The van der Waals surface area contributed by atoms with Crippen LogP contribution in [-0.2, 0) is 22.4 Å². The van der Waals surface area contributed by atoms with E-state index in [0.717, 1.165) is 5.56 Å². The number of hydrogen-bond acceptors (Lipinski definition) is 4. The molecule has 2 aliphatic heterocycles. The molecule has 4 amide bonds. The van der Waals surface area contributed by atoms with E-state index in [0.29, 0.717) is 23.2 Å². The maximum Gasteiger partial charge on any atom is 0.323 e. The number of Topliss-reactive ketones (excluding diaryl/α,β-unsaturated/α-hetero) is 1. The van der Waals surface area contributed by atoms with Crippen molar-refractivity contribution in [3.05, 3.63) is 101 Å². The number of hydrogen-bond donors (Lipinski definition) is 1. The Labute approximate surface area is 236 Å². The maximum absolute atomic E-state index is 13.8. The molecule has 2 heterocycles. The second-order valence-corrected chi connectivity index (χ2v) is 10.3. The van der Waals surface area contributed by atoms with Gasteiger partial charge in [0.05, 0.1) is 6.54 Å². The minimum atomic E-state index is -0.898. The molecule has 212 valence electrons. The van der Waals surface area contributed by atoms with Crippen LogP contribution in [0.1, 0.15) is 34.8 Å². The zero-order valence-electron chi connectivity index (χ0n) is 22.6. The number of amides is 4. The van der Waals surface area contributed by atoms with E-state index in [2.05, 4.69) is 5.32 Å². The van der Waals surface area contributed by atoms with Gasteiger partial charge in [0, 0.05) is 37.2 Å². The second kappa shape index (κ2) is 11.9. The normalized spacial score (nSPS) is 18.8. The molecule has 2 saturated heterocycles. The first-order chi connectivity index (χ1) is 19.7. The number of carbonyl (C=O) groups is 4. The molecule has 0 spiro atoms. The van der Waals surface area contributed by atoms with Crippen molar-refractivity contribution in [1.82, 2.24) is 14.7 Å². The third-order valence-electron chi connectivity index (χ3n) is 7.56. The van der Waals surface area contributed by atoms with E-state index in [1.165, 1.54) is 36.1 Å². The van der Waals surface area contributed by atoms with Crippen LogP contribution in [0.15, 0.2) is 72.8 Å². The van der Waals surface area contributed by atoms with E-state index < -0.39 is 24.1 Å². The van der Waals surface area contributed by atoms with Crippen LogP contribution in [0.2, 0.25) is 0 Å². The second-order valence-electron chi connectivity index (χ2n) is 10.3. The summed E-state index contributed by atoms with van der Waals surface area (Å²) < 4.78 is 27.3. The number of piperazine rings is 1. The summed E-state index contributed by atoms with van der Waals surface area (Å²) in [6.07, 6.45) is -0.144. The molecule has 8 nitrogen and oxygen atoms in total. The fourth-order valence-electron chi connectivity index (χ4n) is 5.40. The molecular formula is C31H30F2N4O4. The summed E-state index contributed by atoms with van der Waals surface area (Å²) in [4.78, 5) is 56.7. The van der Waals surface area contributed by atoms with Gasteiger partial charge in [-0.25, -0.2) is 13.6 Å². The van der Waals surface area contributed by atoms with Gasteiger partial charge in [-0.3, -0.25) is 14.4 Å². The van der Waals surface area contributed by atoms with Crippen LogP contribution in [0.5, 0.6) is 0 Å². The monoisotopic (exact) mass is 560 g/mol. The van der Waals surface area contributed by atoms with Gasteiger partial charge in [-0.2, -0.15) is 0 Å². The van der Waals surface area contributed by atoms with Crippen LogP contribution in [-0.4, -0.2) is 70.2 Å². The molecule has 2 fully saturated rings. The van der Waals surface area contributed by atoms with E-state index in [9.17, 15) is 28.0 Å². The highest BCUT2D eigenvalue weighted by atomic mass is 19.1. The van der Waals surface area contributed by atoms with Crippen molar-refractivity contribution in [3.8, 4) is 0 Å². The molecule has 0 aliphatic carbocycles. The van der Waals surface area contributed by atoms with Gasteiger partial charge in [0.25, 0.3) is 0 Å². The molecule has 0 saturated carbocycles. The van der Waals surface area contributed by atoms with Gasteiger partial charge in [-0.15, -0.1) is 0 Å². The van der Waals surface area contributed by atoms with Gasteiger partial charge in [-0.1, -0.05) is 24.3 Å². The Morgan fingerprint density at radius 2 is 1.66 bits per heavy atom. The highest BCUT2D eigenvalue weighted by Gasteiger charge is 2.48. The summed E-state index contributed by atoms with van der Waals surface area (Å²) >= 11 is 0. The molecule has 41 heavy (non-hydrogen) atoms. The lowest BCUT2D eigenvalue weighted by Gasteiger charge is -2.52. The molecule has 5 rings (SSSR count). The minimum Gasteiger partial charge on any atom is -0.337 e. The third kappa shape index (κ3) is 6.26.